The van der Waals surface area contributed by atoms with E-state index >= 15 is 0 Å². The second-order valence-electron chi connectivity index (χ2n) is 3.41. The summed E-state index contributed by atoms with van der Waals surface area (Å²) in [4.78, 5) is 11.4. The summed E-state index contributed by atoms with van der Waals surface area (Å²) in [6.07, 6.45) is 5.71. The molecule has 0 aliphatic heterocycles. The third-order valence-electron chi connectivity index (χ3n) is 2.85. The smallest absolute Gasteiger partial charge is 0.153 e. The molecule has 12 heavy (non-hydrogen) atoms. The lowest BCUT2D eigenvalue weighted by Gasteiger charge is -2.48. The van der Waals surface area contributed by atoms with Crippen LogP contribution >= 0.6 is 15.9 Å². The molecule has 0 heterocycles. The van der Waals surface area contributed by atoms with Crippen LogP contribution in [0.1, 0.15) is 12.8 Å². The van der Waals surface area contributed by atoms with Crippen molar-refractivity contribution in [2.24, 2.45) is 5.92 Å². The van der Waals surface area contributed by atoms with Crippen LogP contribution in [-0.4, -0.2) is 23.3 Å². The zero-order chi connectivity index (χ0) is 8.77. The number of hydrogen-bond donors (Lipinski definition) is 0. The maximum atomic E-state index is 11.4. The Morgan fingerprint density at radius 3 is 3.00 bits per heavy atom. The molecule has 0 aromatic carbocycles. The largest absolute Gasteiger partial charge is 0.375 e. The quantitative estimate of drug-likeness (QED) is 0.507. The molecule has 1 saturated carbocycles. The second-order valence-corrected chi connectivity index (χ2v) is 4.72. The molecule has 2 nitrogen and oxygen atoms in total. The molecule has 0 saturated heterocycles. The fraction of sp³-hybridized carbons (Fsp3) is 0.667. The summed E-state index contributed by atoms with van der Waals surface area (Å²) >= 11 is 3.51. The number of halogens is 1. The highest BCUT2D eigenvalue weighted by Crippen LogP contribution is 2.50. The van der Waals surface area contributed by atoms with Gasteiger partial charge in [0.1, 0.15) is 4.32 Å². The van der Waals surface area contributed by atoms with Crippen LogP contribution in [0.15, 0.2) is 12.2 Å². The van der Waals surface area contributed by atoms with Gasteiger partial charge < -0.3 is 4.74 Å². The highest BCUT2D eigenvalue weighted by Gasteiger charge is 2.58. The Labute approximate surface area is 80.1 Å². The third-order valence-corrected chi connectivity index (χ3v) is 4.39. The van der Waals surface area contributed by atoms with Crippen molar-refractivity contribution in [1.82, 2.24) is 0 Å². The van der Waals surface area contributed by atoms with Crippen molar-refractivity contribution in [1.29, 1.82) is 0 Å². The first-order valence-electron chi connectivity index (χ1n) is 4.11. The van der Waals surface area contributed by atoms with Crippen molar-refractivity contribution < 1.29 is 9.53 Å². The minimum Gasteiger partial charge on any atom is -0.375 e. The van der Waals surface area contributed by atoms with Crippen molar-refractivity contribution in [3.63, 3.8) is 0 Å². The predicted molar refractivity (Wildman–Crippen MR) is 49.3 cm³/mol. The van der Waals surface area contributed by atoms with E-state index in [-0.39, 0.29) is 11.9 Å². The summed E-state index contributed by atoms with van der Waals surface area (Å²) in [5.74, 6) is 0.726. The number of allylic oxidation sites excluding steroid dienone is 1. The summed E-state index contributed by atoms with van der Waals surface area (Å²) in [7, 11) is 1.64. The molecule has 0 aromatic heterocycles. The van der Waals surface area contributed by atoms with Crippen LogP contribution in [0.4, 0.5) is 0 Å². The first-order valence-corrected chi connectivity index (χ1v) is 4.90. The Morgan fingerprint density at radius 2 is 2.50 bits per heavy atom. The summed E-state index contributed by atoms with van der Waals surface area (Å²) in [5.41, 5.74) is 0. The highest BCUT2D eigenvalue weighted by atomic mass is 79.9. The Bertz CT molecular complexity index is 249. The molecule has 0 unspecified atom stereocenters. The SMILES string of the molecule is CO[C@H]1C=CC[C@H]2CC(=O)[C@]21Br. The van der Waals surface area contributed by atoms with Gasteiger partial charge in [0.05, 0.1) is 6.10 Å². The van der Waals surface area contributed by atoms with E-state index in [1.54, 1.807) is 7.11 Å². The number of ketones is 1. The van der Waals surface area contributed by atoms with Gasteiger partial charge in [-0.1, -0.05) is 28.1 Å². The fourth-order valence-electron chi connectivity index (χ4n) is 2.03. The Morgan fingerprint density at radius 1 is 1.75 bits per heavy atom. The van der Waals surface area contributed by atoms with Crippen LogP contribution in [0.2, 0.25) is 0 Å². The number of hydrogen-bond acceptors (Lipinski definition) is 2. The van der Waals surface area contributed by atoms with Crippen molar-refractivity contribution in [2.45, 2.75) is 23.3 Å². The topological polar surface area (TPSA) is 26.3 Å². The van der Waals surface area contributed by atoms with E-state index < -0.39 is 4.32 Å². The monoisotopic (exact) mass is 230 g/mol. The van der Waals surface area contributed by atoms with Crippen LogP contribution in [0, 0.1) is 5.92 Å². The van der Waals surface area contributed by atoms with Gasteiger partial charge in [-0.3, -0.25) is 4.79 Å². The van der Waals surface area contributed by atoms with Gasteiger partial charge in [0.15, 0.2) is 5.78 Å². The number of fused-ring (bicyclic) bond motifs is 1. The van der Waals surface area contributed by atoms with E-state index in [9.17, 15) is 4.79 Å². The Kier molecular flexibility index (Phi) is 1.88. The summed E-state index contributed by atoms with van der Waals surface area (Å²) in [5, 5.41) is 0. The molecule has 1 fully saturated rings. The number of carbonyl (C=O) groups is 1. The fourth-order valence-corrected chi connectivity index (χ4v) is 2.88. The number of carbonyl (C=O) groups excluding carboxylic acids is 1. The van der Waals surface area contributed by atoms with E-state index in [2.05, 4.69) is 22.0 Å². The number of ether oxygens (including phenoxy) is 1. The van der Waals surface area contributed by atoms with Crippen molar-refractivity contribution in [3.05, 3.63) is 12.2 Å². The molecular weight excluding hydrogens is 220 g/mol. The lowest BCUT2D eigenvalue weighted by molar-refractivity contribution is -0.136. The van der Waals surface area contributed by atoms with Gasteiger partial charge in [-0.25, -0.2) is 0 Å². The molecule has 0 aromatic rings. The van der Waals surface area contributed by atoms with E-state index in [1.807, 2.05) is 6.08 Å². The molecule has 2 aliphatic rings. The second kappa shape index (κ2) is 2.67. The zero-order valence-corrected chi connectivity index (χ0v) is 8.50. The van der Waals surface area contributed by atoms with Gasteiger partial charge in [-0.05, 0) is 12.3 Å². The zero-order valence-electron chi connectivity index (χ0n) is 6.92. The summed E-state index contributed by atoms with van der Waals surface area (Å²) in [6.45, 7) is 0. The van der Waals surface area contributed by atoms with E-state index in [0.717, 1.165) is 6.42 Å². The first-order chi connectivity index (χ1) is 5.69. The molecule has 0 amide bonds. The van der Waals surface area contributed by atoms with Crippen LogP contribution < -0.4 is 0 Å². The third kappa shape index (κ3) is 0.866. The number of methoxy groups -OCH3 is 1. The number of Topliss-reactive ketones (excluding diaryl/α,β-unsaturated/α-hetero) is 1. The van der Waals surface area contributed by atoms with Crippen LogP contribution in [0.3, 0.4) is 0 Å². The van der Waals surface area contributed by atoms with E-state index in [1.165, 1.54) is 0 Å². The van der Waals surface area contributed by atoms with Crippen molar-refractivity contribution >= 4 is 21.7 Å². The van der Waals surface area contributed by atoms with Gasteiger partial charge in [0, 0.05) is 13.5 Å². The number of rotatable bonds is 1. The van der Waals surface area contributed by atoms with Crippen molar-refractivity contribution in [3.8, 4) is 0 Å². The van der Waals surface area contributed by atoms with Gasteiger partial charge in [0.25, 0.3) is 0 Å². The summed E-state index contributed by atoms with van der Waals surface area (Å²) < 4.78 is 4.85. The maximum absolute atomic E-state index is 11.4. The minimum absolute atomic E-state index is 0.0718. The predicted octanol–water partition coefficient (Wildman–Crippen LogP) is 1.68. The average molecular weight is 231 g/mol. The maximum Gasteiger partial charge on any atom is 0.153 e. The van der Waals surface area contributed by atoms with Gasteiger partial charge in [0.2, 0.25) is 0 Å². The number of alkyl halides is 1. The lowest BCUT2D eigenvalue weighted by Crippen LogP contribution is -2.60. The normalized spacial score (nSPS) is 45.3. The lowest BCUT2D eigenvalue weighted by atomic mass is 9.65. The molecule has 0 spiro atoms. The van der Waals surface area contributed by atoms with Gasteiger partial charge in [-0.15, -0.1) is 0 Å². The molecular formula is C9H11BrO2. The molecule has 3 atom stereocenters. The van der Waals surface area contributed by atoms with Crippen LogP contribution in [0.5, 0.6) is 0 Å². The van der Waals surface area contributed by atoms with E-state index in [4.69, 9.17) is 4.74 Å². The molecule has 0 bridgehead atoms. The van der Waals surface area contributed by atoms with E-state index in [0.29, 0.717) is 12.3 Å². The molecule has 66 valence electrons. The van der Waals surface area contributed by atoms with Gasteiger partial charge in [-0.2, -0.15) is 0 Å². The Balaban J connectivity index is 2.29. The standard InChI is InChI=1S/C9H11BrO2/c1-12-8-4-2-3-6-5-7(11)9(6,8)10/h2,4,6,8H,3,5H2,1H3/t6-,8-,9+/m0/s1. The van der Waals surface area contributed by atoms with Crippen LogP contribution in [0.25, 0.3) is 0 Å². The molecule has 0 N–H and O–H groups in total. The summed E-state index contributed by atoms with van der Waals surface area (Å²) in [6, 6.07) is 0. The molecule has 2 rings (SSSR count). The average Bonchev–Trinajstić information content (AvgIpc) is 2.08. The van der Waals surface area contributed by atoms with Gasteiger partial charge >= 0.3 is 0 Å². The van der Waals surface area contributed by atoms with Crippen LogP contribution in [-0.2, 0) is 9.53 Å². The molecule has 2 aliphatic carbocycles. The highest BCUT2D eigenvalue weighted by molar-refractivity contribution is 9.10. The van der Waals surface area contributed by atoms with Crippen molar-refractivity contribution in [2.75, 3.05) is 7.11 Å². The minimum atomic E-state index is -0.392. The molecule has 0 radical (unpaired) electrons. The molecule has 3 heteroatoms. The Hall–Kier alpha value is -0.150. The first kappa shape index (κ1) is 8.45.